The van der Waals surface area contributed by atoms with Gasteiger partial charge in [0.05, 0.1) is 7.11 Å². The summed E-state index contributed by atoms with van der Waals surface area (Å²) in [5.74, 6) is 1.68. The molecule has 5 rings (SSSR count). The lowest BCUT2D eigenvalue weighted by molar-refractivity contribution is 0.104. The quantitative estimate of drug-likeness (QED) is 0.292. The molecule has 168 valence electrons. The second-order valence-electron chi connectivity index (χ2n) is 8.29. The zero-order valence-electron chi connectivity index (χ0n) is 18.8. The lowest BCUT2D eigenvalue weighted by Gasteiger charge is -2.15. The Labute approximate surface area is 198 Å². The molecule has 33 heavy (non-hydrogen) atoms. The number of hydrogen-bond acceptors (Lipinski definition) is 5. The maximum absolute atomic E-state index is 13.6. The lowest BCUT2D eigenvalue weighted by atomic mass is 9.97. The molecule has 0 N–H and O–H groups in total. The summed E-state index contributed by atoms with van der Waals surface area (Å²) in [4.78, 5) is 17.0. The van der Waals surface area contributed by atoms with Crippen LogP contribution in [0.5, 0.6) is 11.5 Å². The fourth-order valence-corrected chi connectivity index (χ4v) is 5.60. The van der Waals surface area contributed by atoms with Gasteiger partial charge < -0.3 is 9.47 Å². The number of ether oxygens (including phenoxy) is 2. The van der Waals surface area contributed by atoms with Gasteiger partial charge in [-0.3, -0.25) is 9.69 Å². The third-order valence-electron chi connectivity index (χ3n) is 6.15. The van der Waals surface area contributed by atoms with E-state index < -0.39 is 0 Å². The van der Waals surface area contributed by atoms with Crippen molar-refractivity contribution in [1.82, 2.24) is 4.90 Å². The summed E-state index contributed by atoms with van der Waals surface area (Å²) in [5.41, 5.74) is 2.45. The number of hydrogen-bond donors (Lipinski definition) is 0. The van der Waals surface area contributed by atoms with Crippen molar-refractivity contribution in [3.05, 3.63) is 83.9 Å². The topological polar surface area (TPSA) is 38.8 Å². The van der Waals surface area contributed by atoms with E-state index in [9.17, 15) is 4.79 Å². The van der Waals surface area contributed by atoms with Crippen LogP contribution in [0.25, 0.3) is 20.5 Å². The van der Waals surface area contributed by atoms with Crippen LogP contribution < -0.4 is 9.47 Å². The van der Waals surface area contributed by atoms with Gasteiger partial charge in [-0.05, 0) is 74.0 Å². The van der Waals surface area contributed by atoms with Gasteiger partial charge in [-0.25, -0.2) is 0 Å². The van der Waals surface area contributed by atoms with Crippen molar-refractivity contribution in [2.24, 2.45) is 0 Å². The number of carbonyl (C=O) groups is 1. The number of nitrogens with zero attached hydrogens (tertiary/aromatic N) is 1. The minimum atomic E-state index is 0.0351. The minimum Gasteiger partial charge on any atom is -0.497 e. The van der Waals surface area contributed by atoms with Gasteiger partial charge >= 0.3 is 0 Å². The minimum absolute atomic E-state index is 0.0351. The Morgan fingerprint density at radius 1 is 0.939 bits per heavy atom. The predicted octanol–water partition coefficient (Wildman–Crippen LogP) is 6.28. The fraction of sp³-hybridized carbons (Fsp3) is 0.250. The highest BCUT2D eigenvalue weighted by Crippen LogP contribution is 2.41. The zero-order valence-corrected chi connectivity index (χ0v) is 19.6. The molecule has 5 heteroatoms. The number of likely N-dealkylation sites (tertiary alicyclic amines) is 1. The molecule has 1 fully saturated rings. The van der Waals surface area contributed by atoms with Crippen LogP contribution in [0.15, 0.2) is 72.8 Å². The molecule has 4 nitrogen and oxygen atoms in total. The van der Waals surface area contributed by atoms with E-state index in [0.717, 1.165) is 44.1 Å². The van der Waals surface area contributed by atoms with Crippen LogP contribution in [0, 0.1) is 0 Å². The van der Waals surface area contributed by atoms with Crippen molar-refractivity contribution < 1.29 is 14.3 Å². The van der Waals surface area contributed by atoms with Crippen molar-refractivity contribution in [2.45, 2.75) is 12.8 Å². The van der Waals surface area contributed by atoms with Crippen molar-refractivity contribution in [1.29, 1.82) is 0 Å². The number of thiophene rings is 1. The largest absolute Gasteiger partial charge is 0.497 e. The first-order chi connectivity index (χ1) is 16.2. The molecule has 1 saturated heterocycles. The second-order valence-corrected chi connectivity index (χ2v) is 9.34. The summed E-state index contributed by atoms with van der Waals surface area (Å²) in [6.07, 6.45) is 2.58. The molecule has 3 aromatic carbocycles. The average molecular weight is 458 g/mol. The van der Waals surface area contributed by atoms with Crippen molar-refractivity contribution in [3.63, 3.8) is 0 Å². The fourth-order valence-electron chi connectivity index (χ4n) is 4.37. The molecule has 2 heterocycles. The van der Waals surface area contributed by atoms with Gasteiger partial charge in [0.2, 0.25) is 0 Å². The molecule has 0 aliphatic carbocycles. The summed E-state index contributed by atoms with van der Waals surface area (Å²) in [6.45, 7) is 4.02. The molecule has 4 aromatic rings. The third kappa shape index (κ3) is 4.65. The second kappa shape index (κ2) is 9.77. The van der Waals surface area contributed by atoms with Crippen LogP contribution in [-0.2, 0) is 0 Å². The van der Waals surface area contributed by atoms with Gasteiger partial charge in [0.15, 0.2) is 5.78 Å². The van der Waals surface area contributed by atoms with E-state index in [1.54, 1.807) is 18.4 Å². The number of ketones is 1. The van der Waals surface area contributed by atoms with Gasteiger partial charge in [0, 0.05) is 32.6 Å². The Morgan fingerprint density at radius 3 is 2.39 bits per heavy atom. The number of carbonyl (C=O) groups excluding carboxylic acids is 1. The molecule has 1 aromatic heterocycles. The number of benzene rings is 3. The molecular weight excluding hydrogens is 430 g/mol. The van der Waals surface area contributed by atoms with E-state index in [0.29, 0.717) is 12.2 Å². The molecule has 0 amide bonds. The van der Waals surface area contributed by atoms with Crippen LogP contribution in [0.3, 0.4) is 0 Å². The van der Waals surface area contributed by atoms with E-state index >= 15 is 0 Å². The third-order valence-corrected chi connectivity index (χ3v) is 7.35. The standard InChI is InChI=1S/C28H27NO3S/c1-31-23-13-14-24-25(19-23)33-28(26(24)27(30)20-7-3-2-4-8-20)21-9-11-22(12-10-21)32-18-17-29-15-5-6-16-29/h2-4,7-14,19H,5-6,15-18H2,1H3. The van der Waals surface area contributed by atoms with E-state index in [4.69, 9.17) is 9.47 Å². The predicted molar refractivity (Wildman–Crippen MR) is 135 cm³/mol. The van der Waals surface area contributed by atoms with Gasteiger partial charge in [-0.2, -0.15) is 0 Å². The summed E-state index contributed by atoms with van der Waals surface area (Å²) in [6, 6.07) is 23.5. The van der Waals surface area contributed by atoms with Crippen LogP contribution >= 0.6 is 11.3 Å². The molecular formula is C28H27NO3S. The smallest absolute Gasteiger partial charge is 0.195 e. The number of methoxy groups -OCH3 is 1. The van der Waals surface area contributed by atoms with E-state index in [1.807, 2.05) is 60.7 Å². The van der Waals surface area contributed by atoms with Gasteiger partial charge in [-0.15, -0.1) is 11.3 Å². The van der Waals surface area contributed by atoms with Gasteiger partial charge in [0.25, 0.3) is 0 Å². The van der Waals surface area contributed by atoms with Crippen molar-refractivity contribution >= 4 is 27.2 Å². The van der Waals surface area contributed by atoms with Crippen LogP contribution in [0.2, 0.25) is 0 Å². The summed E-state index contributed by atoms with van der Waals surface area (Å²) in [7, 11) is 1.66. The van der Waals surface area contributed by atoms with Crippen LogP contribution in [0.1, 0.15) is 28.8 Å². The summed E-state index contributed by atoms with van der Waals surface area (Å²) >= 11 is 1.62. The first-order valence-corrected chi connectivity index (χ1v) is 12.2. The zero-order chi connectivity index (χ0) is 22.6. The summed E-state index contributed by atoms with van der Waals surface area (Å²) < 4.78 is 12.4. The Bertz CT molecular complexity index is 1240. The van der Waals surface area contributed by atoms with Gasteiger partial charge in [0.1, 0.15) is 18.1 Å². The normalized spacial score (nSPS) is 14.0. The van der Waals surface area contributed by atoms with E-state index in [1.165, 1.54) is 25.9 Å². The first-order valence-electron chi connectivity index (χ1n) is 11.4. The van der Waals surface area contributed by atoms with Gasteiger partial charge in [-0.1, -0.05) is 30.3 Å². The van der Waals surface area contributed by atoms with Crippen molar-refractivity contribution in [3.8, 4) is 21.9 Å². The molecule has 0 unspecified atom stereocenters. The van der Waals surface area contributed by atoms with Crippen LogP contribution in [-0.4, -0.2) is 44.0 Å². The maximum atomic E-state index is 13.6. The monoisotopic (exact) mass is 457 g/mol. The SMILES string of the molecule is COc1ccc2c(C(=O)c3ccccc3)c(-c3ccc(OCCN4CCCC4)cc3)sc2c1. The lowest BCUT2D eigenvalue weighted by Crippen LogP contribution is -2.25. The Kier molecular flexibility index (Phi) is 6.42. The average Bonchev–Trinajstić information content (AvgIpc) is 3.52. The molecule has 0 atom stereocenters. The van der Waals surface area contributed by atoms with E-state index in [2.05, 4.69) is 17.0 Å². The maximum Gasteiger partial charge on any atom is 0.195 e. The number of fused-ring (bicyclic) bond motifs is 1. The summed E-state index contributed by atoms with van der Waals surface area (Å²) in [5, 5.41) is 0.954. The number of rotatable bonds is 8. The highest BCUT2D eigenvalue weighted by atomic mass is 32.1. The molecule has 0 saturated carbocycles. The molecule has 0 bridgehead atoms. The first kappa shape index (κ1) is 21.7. The Morgan fingerprint density at radius 2 is 1.67 bits per heavy atom. The Balaban J connectivity index is 1.45. The van der Waals surface area contributed by atoms with E-state index in [-0.39, 0.29) is 5.78 Å². The highest BCUT2D eigenvalue weighted by Gasteiger charge is 2.22. The molecule has 0 radical (unpaired) electrons. The molecule has 1 aliphatic rings. The highest BCUT2D eigenvalue weighted by molar-refractivity contribution is 7.22. The van der Waals surface area contributed by atoms with Crippen molar-refractivity contribution in [2.75, 3.05) is 33.4 Å². The Hall–Kier alpha value is -3.15. The van der Waals surface area contributed by atoms with Crippen LogP contribution in [0.4, 0.5) is 0 Å². The molecule has 0 spiro atoms. The molecule has 1 aliphatic heterocycles.